The molecule has 2 fully saturated rings. The van der Waals surface area contributed by atoms with Crippen molar-refractivity contribution in [2.45, 2.75) is 34.1 Å². The van der Waals surface area contributed by atoms with Crippen LogP contribution in [-0.4, -0.2) is 56.1 Å². The van der Waals surface area contributed by atoms with Gasteiger partial charge in [0, 0.05) is 34.2 Å². The van der Waals surface area contributed by atoms with E-state index >= 15 is 0 Å². The number of β-lactam (4-membered cyclic amide) rings is 1. The second-order valence-corrected chi connectivity index (χ2v) is 12.5. The lowest BCUT2D eigenvalue weighted by atomic mass is 10.0. The number of rotatable bonds is 9. The fraction of sp³-hybridized carbons (Fsp3) is 0.269. The molecule has 0 saturated carbocycles. The quantitative estimate of drug-likeness (QED) is 0.179. The summed E-state index contributed by atoms with van der Waals surface area (Å²) in [6.45, 7) is 0.108. The fourth-order valence-corrected chi connectivity index (χ4v) is 7.90. The van der Waals surface area contributed by atoms with Crippen LogP contribution in [0.1, 0.15) is 10.4 Å². The number of nitro groups is 1. The molecule has 2 saturated heterocycles. The van der Waals surface area contributed by atoms with Crippen LogP contribution in [0.2, 0.25) is 0 Å². The summed E-state index contributed by atoms with van der Waals surface area (Å²) < 4.78 is 4.64. The second kappa shape index (κ2) is 11.2. The average molecular weight is 570 g/mol. The molecule has 38 heavy (non-hydrogen) atoms. The van der Waals surface area contributed by atoms with Crippen molar-refractivity contribution in [1.82, 2.24) is 10.2 Å². The topological polar surface area (TPSA) is 119 Å². The van der Waals surface area contributed by atoms with Gasteiger partial charge in [-0.2, -0.15) is 0 Å². The van der Waals surface area contributed by atoms with E-state index in [-0.39, 0.29) is 42.4 Å². The summed E-state index contributed by atoms with van der Waals surface area (Å²) in [6, 6.07) is 18.4. The van der Waals surface area contributed by atoms with Crippen LogP contribution in [0.15, 0.2) is 77.0 Å². The number of amides is 2. The lowest BCUT2D eigenvalue weighted by Gasteiger charge is -2.53. The van der Waals surface area contributed by atoms with Crippen LogP contribution < -0.4 is 5.32 Å². The summed E-state index contributed by atoms with van der Waals surface area (Å²) in [7, 11) is 0. The molecule has 2 aliphatic heterocycles. The summed E-state index contributed by atoms with van der Waals surface area (Å²) in [6.07, 6.45) is 0.224. The van der Waals surface area contributed by atoms with Crippen molar-refractivity contribution in [3.63, 3.8) is 0 Å². The number of thioether (sulfide) groups is 2. The zero-order chi connectivity index (χ0) is 26.7. The van der Waals surface area contributed by atoms with E-state index in [9.17, 15) is 24.5 Å². The van der Waals surface area contributed by atoms with Crippen LogP contribution in [-0.2, 0) is 32.1 Å². The second-order valence-electron chi connectivity index (χ2n) is 8.88. The predicted molar refractivity (Wildman–Crippen MR) is 146 cm³/mol. The van der Waals surface area contributed by atoms with Crippen LogP contribution in [0, 0.1) is 10.1 Å². The van der Waals surface area contributed by atoms with Gasteiger partial charge >= 0.3 is 5.97 Å². The lowest BCUT2D eigenvalue weighted by molar-refractivity contribution is -0.384. The largest absolute Gasteiger partial charge is 0.460 e. The van der Waals surface area contributed by atoms with Gasteiger partial charge in [-0.1, -0.05) is 24.3 Å². The van der Waals surface area contributed by atoms with Crippen molar-refractivity contribution in [2.75, 3.05) is 12.3 Å². The SMILES string of the molecule is O=C(Cc1cccs1)NC1C(=O)N2CC(Sc3ccccc3)(C(=O)OCc3ccc([N+](=O)[O-])cc3)CS[C@H]12. The highest BCUT2D eigenvalue weighted by molar-refractivity contribution is 8.05. The van der Waals surface area contributed by atoms with Crippen molar-refractivity contribution in [3.8, 4) is 0 Å². The Morgan fingerprint density at radius 1 is 1.13 bits per heavy atom. The number of ether oxygens (including phenoxy) is 1. The molecule has 2 amide bonds. The Balaban J connectivity index is 1.27. The minimum absolute atomic E-state index is 0.0424. The van der Waals surface area contributed by atoms with Crippen molar-refractivity contribution in [1.29, 1.82) is 0 Å². The zero-order valence-electron chi connectivity index (χ0n) is 20.0. The molecule has 2 aromatic carbocycles. The first-order chi connectivity index (χ1) is 18.3. The Morgan fingerprint density at radius 2 is 1.89 bits per heavy atom. The molecule has 9 nitrogen and oxygen atoms in total. The van der Waals surface area contributed by atoms with Gasteiger partial charge in [-0.25, -0.2) is 0 Å². The maximum atomic E-state index is 13.5. The molecule has 12 heteroatoms. The third-order valence-corrected chi connectivity index (χ3v) is 10.2. The number of thiophene rings is 1. The fourth-order valence-electron chi connectivity index (χ4n) is 4.28. The number of fused-ring (bicyclic) bond motifs is 1. The van der Waals surface area contributed by atoms with Crippen LogP contribution in [0.25, 0.3) is 0 Å². The normalized spacial score (nSPS) is 22.2. The van der Waals surface area contributed by atoms with Crippen molar-refractivity contribution in [3.05, 3.63) is 92.7 Å². The van der Waals surface area contributed by atoms with Gasteiger partial charge in [0.2, 0.25) is 11.8 Å². The van der Waals surface area contributed by atoms with Crippen molar-refractivity contribution in [2.24, 2.45) is 0 Å². The number of carbonyl (C=O) groups excluding carboxylic acids is 3. The Morgan fingerprint density at radius 3 is 2.58 bits per heavy atom. The van der Waals surface area contributed by atoms with Gasteiger partial charge in [0.15, 0.2) is 0 Å². The van der Waals surface area contributed by atoms with Gasteiger partial charge in [0.1, 0.15) is 22.8 Å². The molecule has 1 aromatic heterocycles. The number of esters is 1. The summed E-state index contributed by atoms with van der Waals surface area (Å²) in [5.74, 6) is -0.502. The van der Waals surface area contributed by atoms with Gasteiger partial charge < -0.3 is 15.0 Å². The van der Waals surface area contributed by atoms with E-state index in [0.717, 1.165) is 9.77 Å². The van der Waals surface area contributed by atoms with Crippen molar-refractivity contribution < 1.29 is 24.0 Å². The molecule has 196 valence electrons. The molecule has 2 unspecified atom stereocenters. The lowest BCUT2D eigenvalue weighted by Crippen LogP contribution is -2.74. The molecule has 0 radical (unpaired) electrons. The summed E-state index contributed by atoms with van der Waals surface area (Å²) in [5.41, 5.74) is 0.581. The van der Waals surface area contributed by atoms with Crippen LogP contribution >= 0.6 is 34.9 Å². The Labute approximate surface area is 231 Å². The standard InChI is InChI=1S/C26H23N3O6S3/c30-21(13-20-7-4-12-36-20)27-22-23(31)28-15-26(16-37-24(22)28,38-19-5-2-1-3-6-19)25(32)35-14-17-8-10-18(11-9-17)29(33)34/h1-12,22,24H,13-16H2,(H,27,30)/t22?,24-,26?/m1/s1. The minimum Gasteiger partial charge on any atom is -0.460 e. The van der Waals surface area contributed by atoms with E-state index < -0.39 is 21.7 Å². The highest BCUT2D eigenvalue weighted by atomic mass is 32.2. The van der Waals surface area contributed by atoms with E-state index in [4.69, 9.17) is 4.74 Å². The maximum absolute atomic E-state index is 13.5. The highest BCUT2D eigenvalue weighted by Crippen LogP contribution is 2.47. The molecule has 3 atom stereocenters. The molecule has 2 aliphatic rings. The Kier molecular flexibility index (Phi) is 7.73. The molecule has 0 aliphatic carbocycles. The molecule has 1 N–H and O–H groups in total. The first-order valence-corrected chi connectivity index (χ1v) is 14.5. The number of non-ortho nitro benzene ring substituents is 1. The first-order valence-electron chi connectivity index (χ1n) is 11.7. The third-order valence-electron chi connectivity index (χ3n) is 6.23. The van der Waals surface area contributed by atoms with Gasteiger partial charge in [-0.05, 0) is 41.3 Å². The van der Waals surface area contributed by atoms with Gasteiger partial charge in [0.25, 0.3) is 5.69 Å². The maximum Gasteiger partial charge on any atom is 0.325 e. The monoisotopic (exact) mass is 569 g/mol. The number of carbonyl (C=O) groups is 3. The molecular weight excluding hydrogens is 547 g/mol. The number of benzene rings is 2. The summed E-state index contributed by atoms with van der Waals surface area (Å²) in [5, 5.41) is 15.4. The summed E-state index contributed by atoms with van der Waals surface area (Å²) >= 11 is 4.30. The smallest absolute Gasteiger partial charge is 0.325 e. The van der Waals surface area contributed by atoms with Crippen LogP contribution in [0.5, 0.6) is 0 Å². The number of nitro benzene ring substituents is 1. The van der Waals surface area contributed by atoms with E-state index in [1.807, 2.05) is 47.8 Å². The van der Waals surface area contributed by atoms with E-state index in [0.29, 0.717) is 11.3 Å². The van der Waals surface area contributed by atoms with Crippen molar-refractivity contribution >= 4 is 58.3 Å². The van der Waals surface area contributed by atoms with Gasteiger partial charge in [0.05, 0.1) is 11.3 Å². The zero-order valence-corrected chi connectivity index (χ0v) is 22.4. The summed E-state index contributed by atoms with van der Waals surface area (Å²) in [4.78, 5) is 52.9. The molecule has 0 spiro atoms. The first kappa shape index (κ1) is 26.3. The third kappa shape index (κ3) is 5.57. The van der Waals surface area contributed by atoms with E-state index in [1.54, 1.807) is 17.0 Å². The van der Waals surface area contributed by atoms with Crippen LogP contribution in [0.4, 0.5) is 5.69 Å². The Hall–Kier alpha value is -3.35. The van der Waals surface area contributed by atoms with E-state index in [2.05, 4.69) is 5.32 Å². The molecule has 5 rings (SSSR count). The average Bonchev–Trinajstić information content (AvgIpc) is 3.44. The number of hydrogen-bond donors (Lipinski definition) is 1. The highest BCUT2D eigenvalue weighted by Gasteiger charge is 2.58. The predicted octanol–water partition coefficient (Wildman–Crippen LogP) is 3.87. The van der Waals surface area contributed by atoms with Gasteiger partial charge in [-0.15, -0.1) is 34.9 Å². The minimum atomic E-state index is -1.05. The molecule has 0 bridgehead atoms. The van der Waals surface area contributed by atoms with Gasteiger partial charge in [-0.3, -0.25) is 24.5 Å². The van der Waals surface area contributed by atoms with E-state index in [1.165, 1.54) is 47.0 Å². The number of nitrogens with zero attached hydrogens (tertiary/aromatic N) is 2. The molecular formula is C26H23N3O6S3. The molecule has 3 aromatic rings. The molecule has 3 heterocycles. The number of hydrogen-bond acceptors (Lipinski definition) is 9. The van der Waals surface area contributed by atoms with Crippen LogP contribution in [0.3, 0.4) is 0 Å². The number of nitrogens with one attached hydrogen (secondary N) is 1. The Bertz CT molecular complexity index is 1340.